The van der Waals surface area contributed by atoms with E-state index < -0.39 is 35.2 Å². The number of hydrogen-bond donors (Lipinski definition) is 1. The second-order valence-corrected chi connectivity index (χ2v) is 11.6. The number of esters is 1. The summed E-state index contributed by atoms with van der Waals surface area (Å²) in [6.45, 7) is 12.1. The van der Waals surface area contributed by atoms with E-state index in [1.807, 2.05) is 0 Å². The molecule has 0 bridgehead atoms. The fourth-order valence-electron chi connectivity index (χ4n) is 4.04. The summed E-state index contributed by atoms with van der Waals surface area (Å²) in [4.78, 5) is 29.4. The monoisotopic (exact) mass is 578 g/mol. The van der Waals surface area contributed by atoms with Gasteiger partial charge in [0.2, 0.25) is 0 Å². The minimum absolute atomic E-state index is 0.105. The Morgan fingerprint density at radius 1 is 1.00 bits per heavy atom. The third-order valence-corrected chi connectivity index (χ3v) is 5.63. The summed E-state index contributed by atoms with van der Waals surface area (Å²) in [5, 5.41) is 7.47. The van der Waals surface area contributed by atoms with E-state index in [9.17, 15) is 14.0 Å². The van der Waals surface area contributed by atoms with Gasteiger partial charge in [-0.25, -0.2) is 23.6 Å². The normalized spacial score (nSPS) is 12.5. The molecule has 0 saturated carbocycles. The molecule has 2 aromatic carbocycles. The Bertz CT molecular complexity index is 1580. The molecule has 42 heavy (non-hydrogen) atoms. The first kappa shape index (κ1) is 30.3. The molecule has 0 fully saturated rings. The van der Waals surface area contributed by atoms with E-state index >= 15 is 0 Å². The zero-order valence-corrected chi connectivity index (χ0v) is 24.7. The van der Waals surface area contributed by atoms with Gasteiger partial charge in [-0.1, -0.05) is 0 Å². The highest BCUT2D eigenvalue weighted by Crippen LogP contribution is 2.35. The first-order valence-corrected chi connectivity index (χ1v) is 13.4. The molecule has 0 aliphatic carbocycles. The maximum Gasteiger partial charge on any atom is 0.413 e. The number of anilines is 1. The second kappa shape index (κ2) is 12.1. The lowest BCUT2D eigenvalue weighted by Crippen LogP contribution is -2.27. The van der Waals surface area contributed by atoms with Crippen LogP contribution >= 0.6 is 0 Å². The molecule has 1 amide bonds. The summed E-state index contributed by atoms with van der Waals surface area (Å²) in [6.07, 6.45) is 2.06. The highest BCUT2D eigenvalue weighted by Gasteiger charge is 2.23. The van der Waals surface area contributed by atoms with Crippen molar-refractivity contribution in [2.45, 2.75) is 65.8 Å². The van der Waals surface area contributed by atoms with Gasteiger partial charge in [-0.15, -0.1) is 0 Å². The van der Waals surface area contributed by atoms with Crippen molar-refractivity contribution >= 4 is 28.8 Å². The SMILES string of the molecule is C[C@H](Oc1cc2cc(F)ccc2nc1NC(=O)OC(C)(C)C)c1cc(OCC(=O)OC(C)(C)C)ccc1-n1cccn1. The van der Waals surface area contributed by atoms with Crippen LogP contribution in [-0.4, -0.2) is 44.6 Å². The van der Waals surface area contributed by atoms with E-state index in [4.69, 9.17) is 18.9 Å². The fourth-order valence-corrected chi connectivity index (χ4v) is 4.04. The first-order chi connectivity index (χ1) is 19.7. The topological polar surface area (TPSA) is 114 Å². The molecule has 1 atom stereocenters. The summed E-state index contributed by atoms with van der Waals surface area (Å²) in [5.74, 6) is -0.233. The molecule has 0 aliphatic rings. The van der Waals surface area contributed by atoms with Crippen LogP contribution in [0.5, 0.6) is 11.5 Å². The molecule has 2 aromatic heterocycles. The van der Waals surface area contributed by atoms with E-state index in [-0.39, 0.29) is 18.2 Å². The maximum absolute atomic E-state index is 14.1. The van der Waals surface area contributed by atoms with Gasteiger partial charge in [-0.05, 0) is 97.0 Å². The van der Waals surface area contributed by atoms with E-state index in [0.29, 0.717) is 27.9 Å². The molecule has 0 spiro atoms. The van der Waals surface area contributed by atoms with Gasteiger partial charge in [0.1, 0.15) is 28.9 Å². The largest absolute Gasteiger partial charge is 0.482 e. The number of rotatable bonds is 8. The number of pyridine rings is 1. The predicted molar refractivity (Wildman–Crippen MR) is 156 cm³/mol. The average Bonchev–Trinajstić information content (AvgIpc) is 3.40. The lowest BCUT2D eigenvalue weighted by atomic mass is 10.1. The second-order valence-electron chi connectivity index (χ2n) is 11.6. The Kier molecular flexibility index (Phi) is 8.70. The molecule has 11 heteroatoms. The van der Waals surface area contributed by atoms with Gasteiger partial charge in [0, 0.05) is 23.3 Å². The minimum Gasteiger partial charge on any atom is -0.482 e. The maximum atomic E-state index is 14.1. The van der Waals surface area contributed by atoms with Crippen LogP contribution in [0.25, 0.3) is 16.6 Å². The molecule has 0 radical (unpaired) electrons. The molecular weight excluding hydrogens is 543 g/mol. The number of nitrogens with one attached hydrogen (secondary N) is 1. The van der Waals surface area contributed by atoms with Crippen LogP contribution in [0.3, 0.4) is 0 Å². The number of hydrogen-bond acceptors (Lipinski definition) is 8. The smallest absolute Gasteiger partial charge is 0.413 e. The van der Waals surface area contributed by atoms with Crippen molar-refractivity contribution in [3.05, 3.63) is 72.3 Å². The summed E-state index contributed by atoms with van der Waals surface area (Å²) in [6, 6.07) is 12.8. The zero-order valence-electron chi connectivity index (χ0n) is 24.7. The minimum atomic E-state index is -0.739. The third-order valence-electron chi connectivity index (χ3n) is 5.63. The van der Waals surface area contributed by atoms with Crippen LogP contribution < -0.4 is 14.8 Å². The number of aromatic nitrogens is 3. The van der Waals surface area contributed by atoms with Gasteiger partial charge >= 0.3 is 12.1 Å². The Morgan fingerprint density at radius 3 is 2.40 bits per heavy atom. The number of nitrogens with zero attached hydrogens (tertiary/aromatic N) is 3. The van der Waals surface area contributed by atoms with Crippen LogP contribution in [0, 0.1) is 5.82 Å². The Morgan fingerprint density at radius 2 is 1.74 bits per heavy atom. The number of ether oxygens (including phenoxy) is 4. The van der Waals surface area contributed by atoms with Crippen molar-refractivity contribution in [1.29, 1.82) is 0 Å². The van der Waals surface area contributed by atoms with E-state index in [1.165, 1.54) is 18.2 Å². The van der Waals surface area contributed by atoms with Crippen LogP contribution in [0.15, 0.2) is 60.9 Å². The van der Waals surface area contributed by atoms with Crippen molar-refractivity contribution in [2.24, 2.45) is 0 Å². The van der Waals surface area contributed by atoms with Crippen LogP contribution in [0.2, 0.25) is 0 Å². The number of carbonyl (C=O) groups excluding carboxylic acids is 2. The predicted octanol–water partition coefficient (Wildman–Crippen LogP) is 6.77. The molecule has 0 unspecified atom stereocenters. The third kappa shape index (κ3) is 8.18. The van der Waals surface area contributed by atoms with Gasteiger partial charge in [0.25, 0.3) is 0 Å². The lowest BCUT2D eigenvalue weighted by molar-refractivity contribution is -0.157. The Balaban J connectivity index is 1.68. The molecular formula is C31H35FN4O6. The fraction of sp³-hybridized carbons (Fsp3) is 0.355. The lowest BCUT2D eigenvalue weighted by Gasteiger charge is -2.23. The first-order valence-electron chi connectivity index (χ1n) is 13.4. The summed E-state index contributed by atoms with van der Waals surface area (Å²) in [5.41, 5.74) is 0.426. The van der Waals surface area contributed by atoms with Crippen LogP contribution in [0.4, 0.5) is 15.0 Å². The molecule has 1 N–H and O–H groups in total. The Hall–Kier alpha value is -4.67. The molecule has 2 heterocycles. The number of fused-ring (bicyclic) bond motifs is 1. The summed E-state index contributed by atoms with van der Waals surface area (Å²) < 4.78 is 38.5. The van der Waals surface area contributed by atoms with Crippen molar-refractivity contribution in [1.82, 2.24) is 14.8 Å². The van der Waals surface area contributed by atoms with Gasteiger partial charge < -0.3 is 18.9 Å². The van der Waals surface area contributed by atoms with Gasteiger partial charge in [-0.2, -0.15) is 5.10 Å². The molecule has 4 rings (SSSR count). The average molecular weight is 579 g/mol. The van der Waals surface area contributed by atoms with Crippen molar-refractivity contribution in [3.63, 3.8) is 0 Å². The van der Waals surface area contributed by atoms with E-state index in [0.717, 1.165) is 0 Å². The van der Waals surface area contributed by atoms with Crippen LogP contribution in [0.1, 0.15) is 60.1 Å². The standard InChI is InChI=1S/C31H35FN4O6/c1-19(23-17-22(39-18-27(37)41-30(2,3)4)10-12-25(23)36-14-8-13-33-36)40-26-16-20-15-21(32)9-11-24(20)34-28(26)35-29(38)42-31(5,6)7/h8-17,19H,18H2,1-7H3,(H,34,35,38)/t19-/m0/s1. The van der Waals surface area contributed by atoms with Crippen molar-refractivity contribution in [2.75, 3.05) is 11.9 Å². The van der Waals surface area contributed by atoms with E-state index in [1.54, 1.807) is 95.9 Å². The van der Waals surface area contributed by atoms with E-state index in [2.05, 4.69) is 15.4 Å². The molecule has 10 nitrogen and oxygen atoms in total. The molecule has 4 aromatic rings. The van der Waals surface area contributed by atoms with Crippen molar-refractivity contribution < 1.29 is 32.9 Å². The van der Waals surface area contributed by atoms with Crippen molar-refractivity contribution in [3.8, 4) is 17.2 Å². The summed E-state index contributed by atoms with van der Waals surface area (Å²) >= 11 is 0. The van der Waals surface area contributed by atoms with Gasteiger partial charge in [-0.3, -0.25) is 5.32 Å². The number of halogens is 1. The number of benzene rings is 2. The molecule has 0 saturated heterocycles. The highest BCUT2D eigenvalue weighted by molar-refractivity contribution is 5.90. The zero-order chi connectivity index (χ0) is 30.7. The van der Waals surface area contributed by atoms with Gasteiger partial charge in [0.15, 0.2) is 18.2 Å². The molecule has 0 aliphatic heterocycles. The quantitative estimate of drug-likeness (QED) is 0.228. The Labute approximate surface area is 243 Å². The van der Waals surface area contributed by atoms with Crippen LogP contribution in [-0.2, 0) is 14.3 Å². The summed E-state index contributed by atoms with van der Waals surface area (Å²) in [7, 11) is 0. The highest BCUT2D eigenvalue weighted by atomic mass is 19.1. The number of amides is 1. The van der Waals surface area contributed by atoms with Gasteiger partial charge in [0.05, 0.1) is 11.2 Å². The molecule has 222 valence electrons. The number of carbonyl (C=O) groups is 2.